The molecule has 1 unspecified atom stereocenters. The molecule has 0 radical (unpaired) electrons. The van der Waals surface area contributed by atoms with Gasteiger partial charge in [0.2, 0.25) is 0 Å². The molecule has 0 bridgehead atoms. The Morgan fingerprint density at radius 1 is 1.26 bits per heavy atom. The summed E-state index contributed by atoms with van der Waals surface area (Å²) in [7, 11) is 4.19. The Morgan fingerprint density at radius 2 is 2.05 bits per heavy atom. The van der Waals surface area contributed by atoms with Gasteiger partial charge < -0.3 is 4.90 Å². The average molecular weight is 255 g/mol. The van der Waals surface area contributed by atoms with Gasteiger partial charge in [-0.05, 0) is 41.5 Å². The minimum absolute atomic E-state index is 0.326. The molecule has 0 fully saturated rings. The molecule has 1 aliphatic rings. The number of allylic oxidation sites excluding steroid dienone is 4. The third-order valence-electron chi connectivity index (χ3n) is 3.94. The summed E-state index contributed by atoms with van der Waals surface area (Å²) in [5.74, 6) is 0. The second kappa shape index (κ2) is 5.64. The first kappa shape index (κ1) is 13.9. The molecule has 2 rings (SSSR count). The minimum atomic E-state index is 0.326. The Morgan fingerprint density at radius 3 is 2.74 bits per heavy atom. The van der Waals surface area contributed by atoms with Crippen LogP contribution in [-0.4, -0.2) is 14.1 Å². The van der Waals surface area contributed by atoms with E-state index in [0.29, 0.717) is 5.41 Å². The van der Waals surface area contributed by atoms with Gasteiger partial charge in [-0.2, -0.15) is 0 Å². The summed E-state index contributed by atoms with van der Waals surface area (Å²) in [4.78, 5) is 2.16. The highest BCUT2D eigenvalue weighted by atomic mass is 15.1. The average Bonchev–Trinajstić information content (AvgIpc) is 2.39. The number of nitrogens with zero attached hydrogens (tertiary/aromatic N) is 1. The molecule has 0 saturated carbocycles. The SMILES string of the molecule is CCCC1(C)C=CC=C(c2cccc(N(C)C)c2)C1. The Bertz CT molecular complexity index is 496. The molecule has 1 aromatic carbocycles. The predicted molar refractivity (Wildman–Crippen MR) is 85.5 cm³/mol. The van der Waals surface area contributed by atoms with E-state index in [2.05, 4.69) is 75.3 Å². The van der Waals surface area contributed by atoms with Crippen molar-refractivity contribution in [3.63, 3.8) is 0 Å². The van der Waals surface area contributed by atoms with Gasteiger partial charge in [-0.1, -0.05) is 50.6 Å². The van der Waals surface area contributed by atoms with Crippen molar-refractivity contribution in [1.29, 1.82) is 0 Å². The maximum absolute atomic E-state index is 2.37. The van der Waals surface area contributed by atoms with Crippen LogP contribution < -0.4 is 4.90 Å². The fraction of sp³-hybridized carbons (Fsp3) is 0.444. The normalized spacial score (nSPS) is 22.2. The Hall–Kier alpha value is -1.50. The molecule has 102 valence electrons. The molecule has 1 atom stereocenters. The second-order valence-corrected chi connectivity index (χ2v) is 6.08. The second-order valence-electron chi connectivity index (χ2n) is 6.08. The summed E-state index contributed by atoms with van der Waals surface area (Å²) in [5, 5.41) is 0. The van der Waals surface area contributed by atoms with E-state index >= 15 is 0 Å². The lowest BCUT2D eigenvalue weighted by Gasteiger charge is -2.30. The molecule has 0 spiro atoms. The number of anilines is 1. The Balaban J connectivity index is 2.25. The molecule has 19 heavy (non-hydrogen) atoms. The van der Waals surface area contributed by atoms with E-state index in [0.717, 1.165) is 6.42 Å². The van der Waals surface area contributed by atoms with Crippen LogP contribution in [0.2, 0.25) is 0 Å². The van der Waals surface area contributed by atoms with Crippen molar-refractivity contribution in [3.8, 4) is 0 Å². The Kier molecular flexibility index (Phi) is 4.14. The summed E-state index contributed by atoms with van der Waals surface area (Å²) >= 11 is 0. The third-order valence-corrected chi connectivity index (χ3v) is 3.94. The first-order chi connectivity index (χ1) is 9.04. The number of hydrogen-bond donors (Lipinski definition) is 0. The van der Waals surface area contributed by atoms with Crippen LogP contribution in [0.1, 0.15) is 38.7 Å². The van der Waals surface area contributed by atoms with Crippen molar-refractivity contribution in [2.45, 2.75) is 33.1 Å². The molecule has 0 aromatic heterocycles. The molecule has 1 aliphatic carbocycles. The lowest BCUT2D eigenvalue weighted by atomic mass is 9.75. The lowest BCUT2D eigenvalue weighted by molar-refractivity contribution is 0.394. The highest BCUT2D eigenvalue weighted by Crippen LogP contribution is 2.39. The molecule has 1 aromatic rings. The molecular weight excluding hydrogens is 230 g/mol. The maximum atomic E-state index is 2.37. The van der Waals surface area contributed by atoms with Crippen molar-refractivity contribution >= 4 is 11.3 Å². The minimum Gasteiger partial charge on any atom is -0.378 e. The summed E-state index contributed by atoms with van der Waals surface area (Å²) in [6.45, 7) is 4.64. The van der Waals surface area contributed by atoms with Crippen LogP contribution in [0.15, 0.2) is 42.5 Å². The maximum Gasteiger partial charge on any atom is 0.0367 e. The van der Waals surface area contributed by atoms with Crippen molar-refractivity contribution in [3.05, 3.63) is 48.1 Å². The van der Waals surface area contributed by atoms with Gasteiger partial charge in [-0.3, -0.25) is 0 Å². The zero-order chi connectivity index (χ0) is 13.9. The number of rotatable bonds is 4. The third kappa shape index (κ3) is 3.28. The monoisotopic (exact) mass is 255 g/mol. The molecule has 0 saturated heterocycles. The van der Waals surface area contributed by atoms with Gasteiger partial charge in [0.1, 0.15) is 0 Å². The van der Waals surface area contributed by atoms with Gasteiger partial charge in [-0.25, -0.2) is 0 Å². The number of benzene rings is 1. The van der Waals surface area contributed by atoms with Crippen LogP contribution >= 0.6 is 0 Å². The highest BCUT2D eigenvalue weighted by Gasteiger charge is 2.24. The van der Waals surface area contributed by atoms with Gasteiger partial charge in [-0.15, -0.1) is 0 Å². The summed E-state index contributed by atoms with van der Waals surface area (Å²) in [5.41, 5.74) is 4.41. The zero-order valence-corrected chi connectivity index (χ0v) is 12.6. The van der Waals surface area contributed by atoms with E-state index in [9.17, 15) is 0 Å². The van der Waals surface area contributed by atoms with E-state index in [4.69, 9.17) is 0 Å². The smallest absolute Gasteiger partial charge is 0.0367 e. The summed E-state index contributed by atoms with van der Waals surface area (Å²) in [6, 6.07) is 8.83. The van der Waals surface area contributed by atoms with Gasteiger partial charge in [0.25, 0.3) is 0 Å². The van der Waals surface area contributed by atoms with E-state index < -0.39 is 0 Å². The van der Waals surface area contributed by atoms with Crippen LogP contribution in [0.3, 0.4) is 0 Å². The van der Waals surface area contributed by atoms with Crippen LogP contribution in [-0.2, 0) is 0 Å². The fourth-order valence-corrected chi connectivity index (χ4v) is 2.87. The topological polar surface area (TPSA) is 3.24 Å². The molecule has 1 nitrogen and oxygen atoms in total. The first-order valence-electron chi connectivity index (χ1n) is 7.20. The van der Waals surface area contributed by atoms with Crippen LogP contribution in [0.25, 0.3) is 5.57 Å². The molecule has 0 aliphatic heterocycles. The van der Waals surface area contributed by atoms with Crippen LogP contribution in [0.4, 0.5) is 5.69 Å². The predicted octanol–water partition coefficient (Wildman–Crippen LogP) is 4.90. The van der Waals surface area contributed by atoms with Crippen LogP contribution in [0, 0.1) is 5.41 Å². The van der Waals surface area contributed by atoms with Crippen molar-refractivity contribution in [2.24, 2.45) is 5.41 Å². The van der Waals surface area contributed by atoms with Gasteiger partial charge in [0, 0.05) is 19.8 Å². The standard InChI is InChI=1S/C18H25N/c1-5-11-18(2)12-7-9-16(14-18)15-8-6-10-17(13-15)19(3)4/h6-10,12-13H,5,11,14H2,1-4H3. The van der Waals surface area contributed by atoms with Gasteiger partial charge in [0.05, 0.1) is 0 Å². The Labute approximate surface area is 117 Å². The van der Waals surface area contributed by atoms with Crippen LogP contribution in [0.5, 0.6) is 0 Å². The summed E-state index contributed by atoms with van der Waals surface area (Å²) < 4.78 is 0. The molecule has 0 amide bonds. The van der Waals surface area contributed by atoms with Gasteiger partial charge in [0.15, 0.2) is 0 Å². The quantitative estimate of drug-likeness (QED) is 0.739. The lowest BCUT2D eigenvalue weighted by Crippen LogP contribution is -2.16. The molecule has 1 heteroatoms. The summed E-state index contributed by atoms with van der Waals surface area (Å²) in [6.07, 6.45) is 10.5. The van der Waals surface area contributed by atoms with Crippen molar-refractivity contribution < 1.29 is 0 Å². The van der Waals surface area contributed by atoms with E-state index in [-0.39, 0.29) is 0 Å². The first-order valence-corrected chi connectivity index (χ1v) is 7.20. The van der Waals surface area contributed by atoms with E-state index in [1.54, 1.807) is 0 Å². The van der Waals surface area contributed by atoms with Gasteiger partial charge >= 0.3 is 0 Å². The van der Waals surface area contributed by atoms with Crippen molar-refractivity contribution in [1.82, 2.24) is 0 Å². The molecule has 0 N–H and O–H groups in total. The van der Waals surface area contributed by atoms with E-state index in [1.807, 2.05) is 0 Å². The zero-order valence-electron chi connectivity index (χ0n) is 12.6. The van der Waals surface area contributed by atoms with E-state index in [1.165, 1.54) is 29.7 Å². The number of hydrogen-bond acceptors (Lipinski definition) is 1. The van der Waals surface area contributed by atoms with Crippen molar-refractivity contribution in [2.75, 3.05) is 19.0 Å². The molecule has 0 heterocycles. The largest absolute Gasteiger partial charge is 0.378 e. The molecular formula is C18H25N. The highest BCUT2D eigenvalue weighted by molar-refractivity contribution is 5.72. The fourth-order valence-electron chi connectivity index (χ4n) is 2.87.